The average Bonchev–Trinajstić information content (AvgIpc) is 2.36. The zero-order valence-electron chi connectivity index (χ0n) is 11.2. The van der Waals surface area contributed by atoms with Crippen molar-refractivity contribution in [2.75, 3.05) is 26.7 Å². The second kappa shape index (κ2) is 7.59. The van der Waals surface area contributed by atoms with Gasteiger partial charge in [-0.1, -0.05) is 0 Å². The maximum absolute atomic E-state index is 11.9. The molecule has 1 aliphatic rings. The molecule has 0 unspecified atom stereocenters. The van der Waals surface area contributed by atoms with Crippen LogP contribution in [0, 0.1) is 11.3 Å². The Morgan fingerprint density at radius 3 is 2.39 bits per heavy atom. The molecular weight excluding hydrogens is 256 g/mol. The van der Waals surface area contributed by atoms with Gasteiger partial charge in [-0.3, -0.25) is 9.59 Å². The number of rotatable bonds is 4. The van der Waals surface area contributed by atoms with Crippen molar-refractivity contribution in [3.05, 3.63) is 0 Å². The lowest BCUT2D eigenvalue weighted by atomic mass is 9.92. The number of ether oxygens (including phenoxy) is 1. The Kier molecular flexibility index (Phi) is 7.25. The summed E-state index contributed by atoms with van der Waals surface area (Å²) in [6.07, 6.45) is 1.73. The van der Waals surface area contributed by atoms with Gasteiger partial charge in [-0.25, -0.2) is 0 Å². The number of amides is 1. The van der Waals surface area contributed by atoms with E-state index in [-0.39, 0.29) is 30.2 Å². The highest BCUT2D eigenvalue weighted by Gasteiger charge is 2.30. The molecule has 0 atom stereocenters. The summed E-state index contributed by atoms with van der Waals surface area (Å²) in [5.41, 5.74) is -0.669. The molecule has 1 heterocycles. The molecule has 1 amide bonds. The highest BCUT2D eigenvalue weighted by atomic mass is 35.5. The molecule has 0 aromatic rings. The molecule has 6 heteroatoms. The van der Waals surface area contributed by atoms with Crippen molar-refractivity contribution in [2.45, 2.75) is 26.7 Å². The Bertz CT molecular complexity index is 289. The lowest BCUT2D eigenvalue weighted by Crippen LogP contribution is -2.44. The molecule has 106 valence electrons. The van der Waals surface area contributed by atoms with Crippen molar-refractivity contribution in [2.24, 2.45) is 11.3 Å². The van der Waals surface area contributed by atoms with Gasteiger partial charge in [-0.2, -0.15) is 0 Å². The fraction of sp³-hybridized carbons (Fsp3) is 0.833. The van der Waals surface area contributed by atoms with E-state index in [0.29, 0.717) is 6.54 Å². The summed E-state index contributed by atoms with van der Waals surface area (Å²) in [5.74, 6) is -0.184. The first-order chi connectivity index (χ1) is 7.97. The highest BCUT2D eigenvalue weighted by Crippen LogP contribution is 2.17. The summed E-state index contributed by atoms with van der Waals surface area (Å²) in [4.78, 5) is 23.3. The number of nitrogens with one attached hydrogen (secondary N) is 2. The molecule has 0 aromatic heterocycles. The van der Waals surface area contributed by atoms with Crippen molar-refractivity contribution in [3.63, 3.8) is 0 Å². The molecule has 18 heavy (non-hydrogen) atoms. The van der Waals surface area contributed by atoms with Gasteiger partial charge < -0.3 is 15.4 Å². The molecule has 0 radical (unpaired) electrons. The van der Waals surface area contributed by atoms with Crippen LogP contribution in [0.5, 0.6) is 0 Å². The van der Waals surface area contributed by atoms with Crippen LogP contribution in [0.3, 0.4) is 0 Å². The zero-order valence-corrected chi connectivity index (χ0v) is 12.1. The van der Waals surface area contributed by atoms with Crippen LogP contribution in [0.15, 0.2) is 0 Å². The lowest BCUT2D eigenvalue weighted by Gasteiger charge is -2.25. The van der Waals surface area contributed by atoms with Crippen molar-refractivity contribution in [3.8, 4) is 0 Å². The predicted octanol–water partition coefficient (Wildman–Crippen LogP) is 0.723. The first kappa shape index (κ1) is 17.2. The second-order valence-corrected chi connectivity index (χ2v) is 5.12. The number of carbonyl (C=O) groups excluding carboxylic acids is 2. The van der Waals surface area contributed by atoms with Crippen LogP contribution in [0.1, 0.15) is 26.7 Å². The molecule has 0 spiro atoms. The van der Waals surface area contributed by atoms with E-state index < -0.39 is 5.41 Å². The van der Waals surface area contributed by atoms with Crippen LogP contribution < -0.4 is 10.6 Å². The summed E-state index contributed by atoms with van der Waals surface area (Å²) < 4.78 is 4.69. The smallest absolute Gasteiger partial charge is 0.313 e. The Hall–Kier alpha value is -0.810. The largest absolute Gasteiger partial charge is 0.469 e. The molecule has 1 rings (SSSR count). The predicted molar refractivity (Wildman–Crippen MR) is 71.6 cm³/mol. The van der Waals surface area contributed by atoms with Gasteiger partial charge in [0.05, 0.1) is 12.5 Å². The fourth-order valence-electron chi connectivity index (χ4n) is 1.88. The standard InChI is InChI=1S/C12H22N2O3.ClH/c1-12(2,11(16)17-3)8-14-10(15)9-4-6-13-7-5-9;/h9,13H,4-8H2,1-3H3,(H,14,15);1H. The number of halogens is 1. The number of methoxy groups -OCH3 is 1. The summed E-state index contributed by atoms with van der Waals surface area (Å²) in [6, 6.07) is 0. The quantitative estimate of drug-likeness (QED) is 0.744. The maximum atomic E-state index is 11.9. The van der Waals surface area contributed by atoms with E-state index in [1.807, 2.05) is 0 Å². The van der Waals surface area contributed by atoms with Gasteiger partial charge in [0.1, 0.15) is 0 Å². The van der Waals surface area contributed by atoms with Crippen molar-refractivity contribution in [1.82, 2.24) is 10.6 Å². The molecule has 5 nitrogen and oxygen atoms in total. The van der Waals surface area contributed by atoms with Crippen LogP contribution in [0.2, 0.25) is 0 Å². The highest BCUT2D eigenvalue weighted by molar-refractivity contribution is 5.85. The molecule has 1 saturated heterocycles. The number of hydrogen-bond donors (Lipinski definition) is 2. The van der Waals surface area contributed by atoms with Gasteiger partial charge >= 0.3 is 5.97 Å². The van der Waals surface area contributed by atoms with E-state index in [0.717, 1.165) is 25.9 Å². The number of carbonyl (C=O) groups is 2. The van der Waals surface area contributed by atoms with E-state index >= 15 is 0 Å². The number of hydrogen-bond acceptors (Lipinski definition) is 4. The fourth-order valence-corrected chi connectivity index (χ4v) is 1.88. The van der Waals surface area contributed by atoms with E-state index in [4.69, 9.17) is 4.74 Å². The molecule has 2 N–H and O–H groups in total. The minimum Gasteiger partial charge on any atom is -0.469 e. The Labute approximate surface area is 114 Å². The summed E-state index contributed by atoms with van der Waals surface area (Å²) in [7, 11) is 1.36. The summed E-state index contributed by atoms with van der Waals surface area (Å²) in [6.45, 7) is 5.63. The van der Waals surface area contributed by atoms with Gasteiger partial charge in [-0.05, 0) is 39.8 Å². The first-order valence-electron chi connectivity index (χ1n) is 6.04. The van der Waals surface area contributed by atoms with Crippen LogP contribution in [0.25, 0.3) is 0 Å². The summed E-state index contributed by atoms with van der Waals surface area (Å²) in [5, 5.41) is 6.06. The third-order valence-electron chi connectivity index (χ3n) is 3.15. The Morgan fingerprint density at radius 1 is 1.33 bits per heavy atom. The van der Waals surface area contributed by atoms with Crippen molar-refractivity contribution < 1.29 is 14.3 Å². The zero-order chi connectivity index (χ0) is 12.9. The summed E-state index contributed by atoms with van der Waals surface area (Å²) >= 11 is 0. The van der Waals surface area contributed by atoms with Gasteiger partial charge in [-0.15, -0.1) is 12.4 Å². The minimum atomic E-state index is -0.669. The van der Waals surface area contributed by atoms with E-state index in [1.54, 1.807) is 13.8 Å². The van der Waals surface area contributed by atoms with Gasteiger partial charge in [0.15, 0.2) is 0 Å². The molecule has 1 fully saturated rings. The maximum Gasteiger partial charge on any atom is 0.313 e. The van der Waals surface area contributed by atoms with Gasteiger partial charge in [0.25, 0.3) is 0 Å². The molecule has 0 saturated carbocycles. The molecular formula is C12H23ClN2O3. The number of piperidine rings is 1. The molecule has 0 bridgehead atoms. The SMILES string of the molecule is COC(=O)C(C)(C)CNC(=O)C1CCNCC1.Cl. The Balaban J connectivity index is 0.00000289. The van der Waals surface area contributed by atoms with E-state index in [1.165, 1.54) is 7.11 Å². The van der Waals surface area contributed by atoms with Gasteiger partial charge in [0, 0.05) is 12.5 Å². The van der Waals surface area contributed by atoms with Crippen LogP contribution >= 0.6 is 12.4 Å². The normalized spacial score (nSPS) is 16.6. The average molecular weight is 279 g/mol. The van der Waals surface area contributed by atoms with E-state index in [9.17, 15) is 9.59 Å². The van der Waals surface area contributed by atoms with Crippen molar-refractivity contribution >= 4 is 24.3 Å². The second-order valence-electron chi connectivity index (χ2n) is 5.12. The lowest BCUT2D eigenvalue weighted by molar-refractivity contribution is -0.150. The van der Waals surface area contributed by atoms with Crippen LogP contribution in [-0.4, -0.2) is 38.6 Å². The topological polar surface area (TPSA) is 67.4 Å². The molecule has 0 aromatic carbocycles. The minimum absolute atomic E-state index is 0. The molecule has 1 aliphatic heterocycles. The third kappa shape index (κ3) is 4.82. The third-order valence-corrected chi connectivity index (χ3v) is 3.15. The van der Waals surface area contributed by atoms with Crippen molar-refractivity contribution in [1.29, 1.82) is 0 Å². The van der Waals surface area contributed by atoms with Gasteiger partial charge in [0.2, 0.25) is 5.91 Å². The van der Waals surface area contributed by atoms with Crippen LogP contribution in [0.4, 0.5) is 0 Å². The van der Waals surface area contributed by atoms with Crippen LogP contribution in [-0.2, 0) is 14.3 Å². The first-order valence-corrected chi connectivity index (χ1v) is 6.04. The number of esters is 1. The van der Waals surface area contributed by atoms with E-state index in [2.05, 4.69) is 10.6 Å². The molecule has 0 aliphatic carbocycles. The Morgan fingerprint density at radius 2 is 1.89 bits per heavy atom. The monoisotopic (exact) mass is 278 g/mol.